The summed E-state index contributed by atoms with van der Waals surface area (Å²) in [5.74, 6) is -1.09. The Balaban J connectivity index is 1.76. The maximum Gasteiger partial charge on any atom is 0.417 e. The lowest BCUT2D eigenvalue weighted by Crippen LogP contribution is -2.40. The number of amides is 2. The predicted octanol–water partition coefficient (Wildman–Crippen LogP) is 5.03. The lowest BCUT2D eigenvalue weighted by molar-refractivity contribution is -0.137. The number of alkyl halides is 3. The summed E-state index contributed by atoms with van der Waals surface area (Å²) in [5.41, 5.74) is -0.896. The number of carboxylic acids is 1. The Morgan fingerprint density at radius 3 is 2.06 bits per heavy atom. The third-order valence-electron chi connectivity index (χ3n) is 5.87. The van der Waals surface area contributed by atoms with E-state index in [4.69, 9.17) is 10.4 Å². The van der Waals surface area contributed by atoms with Crippen molar-refractivity contribution in [2.24, 2.45) is 0 Å². The highest BCUT2D eigenvalue weighted by molar-refractivity contribution is 6.08. The number of hydrogen-bond donors (Lipinski definition) is 1. The van der Waals surface area contributed by atoms with Crippen LogP contribution in [0.2, 0.25) is 0 Å². The molecule has 31 heavy (non-hydrogen) atoms. The van der Waals surface area contributed by atoms with Crippen LogP contribution in [0.4, 0.5) is 29.3 Å². The van der Waals surface area contributed by atoms with E-state index in [1.54, 1.807) is 11.0 Å². The highest BCUT2D eigenvalue weighted by Gasteiger charge is 2.48. The van der Waals surface area contributed by atoms with Crippen molar-refractivity contribution in [1.29, 1.82) is 5.26 Å². The van der Waals surface area contributed by atoms with Gasteiger partial charge in [-0.25, -0.2) is 9.59 Å². The maximum atomic E-state index is 13.5. The maximum absolute atomic E-state index is 13.5. The summed E-state index contributed by atoms with van der Waals surface area (Å²) in [4.78, 5) is 27.4. The largest absolute Gasteiger partial charge is 0.478 e. The van der Waals surface area contributed by atoms with Crippen molar-refractivity contribution >= 4 is 23.4 Å². The van der Waals surface area contributed by atoms with Gasteiger partial charge in [0.25, 0.3) is 0 Å². The number of halogens is 3. The molecule has 2 atom stereocenters. The Morgan fingerprint density at radius 2 is 1.55 bits per heavy atom. The van der Waals surface area contributed by atoms with E-state index in [1.165, 1.54) is 35.2 Å². The molecule has 6 nitrogen and oxygen atoms in total. The second-order valence-electron chi connectivity index (χ2n) is 7.63. The van der Waals surface area contributed by atoms with Crippen LogP contribution in [-0.4, -0.2) is 29.2 Å². The SMILES string of the molecule is N#Cc1ccc(N2C(=O)N(c3ccc(C(=O)O)cc3)[C@H]3CCCC[C@@H]32)cc1C(F)(F)F. The molecule has 1 heterocycles. The van der Waals surface area contributed by atoms with Crippen LogP contribution in [0.3, 0.4) is 0 Å². The number of fused-ring (bicyclic) bond motifs is 1. The smallest absolute Gasteiger partial charge is 0.417 e. The first-order valence-electron chi connectivity index (χ1n) is 9.79. The molecular formula is C22H18F3N3O3. The average Bonchev–Trinajstić information content (AvgIpc) is 3.04. The van der Waals surface area contributed by atoms with Crippen LogP contribution >= 0.6 is 0 Å². The number of hydrogen-bond acceptors (Lipinski definition) is 3. The average molecular weight is 429 g/mol. The molecule has 1 saturated carbocycles. The minimum absolute atomic E-state index is 0.0781. The van der Waals surface area contributed by atoms with Gasteiger partial charge in [0.2, 0.25) is 0 Å². The quantitative estimate of drug-likeness (QED) is 0.741. The van der Waals surface area contributed by atoms with Crippen LogP contribution in [0.5, 0.6) is 0 Å². The van der Waals surface area contributed by atoms with Crippen molar-refractivity contribution in [1.82, 2.24) is 0 Å². The molecule has 0 spiro atoms. The number of carboxylic acid groups (broad SMARTS) is 1. The number of carbonyl (C=O) groups is 2. The number of rotatable bonds is 3. The van der Waals surface area contributed by atoms with E-state index >= 15 is 0 Å². The number of urea groups is 1. The van der Waals surface area contributed by atoms with Crippen molar-refractivity contribution in [3.63, 3.8) is 0 Å². The van der Waals surface area contributed by atoms with Crippen LogP contribution in [0.25, 0.3) is 0 Å². The standard InChI is InChI=1S/C22H18F3N3O3/c23-22(24,25)17-11-16(10-7-14(17)12-26)28-19-4-2-1-3-18(19)27(21(28)31)15-8-5-13(6-9-15)20(29)30/h5-11,18-19H,1-4H2,(H,29,30)/t18-,19-/m0/s1. The van der Waals surface area contributed by atoms with E-state index in [0.717, 1.165) is 25.0 Å². The van der Waals surface area contributed by atoms with Crippen molar-refractivity contribution in [2.75, 3.05) is 9.80 Å². The summed E-state index contributed by atoms with van der Waals surface area (Å²) >= 11 is 0. The van der Waals surface area contributed by atoms with Crippen LogP contribution in [-0.2, 0) is 6.18 Å². The van der Waals surface area contributed by atoms with E-state index in [-0.39, 0.29) is 23.3 Å². The van der Waals surface area contributed by atoms with Gasteiger partial charge in [-0.15, -0.1) is 0 Å². The summed E-state index contributed by atoms with van der Waals surface area (Å²) in [7, 11) is 0. The Labute approximate surface area is 176 Å². The van der Waals surface area contributed by atoms with Gasteiger partial charge in [0.15, 0.2) is 0 Å². The Kier molecular flexibility index (Phi) is 5.09. The Morgan fingerprint density at radius 1 is 1.00 bits per heavy atom. The van der Waals surface area contributed by atoms with E-state index in [0.29, 0.717) is 18.5 Å². The van der Waals surface area contributed by atoms with Gasteiger partial charge in [-0.05, 0) is 55.3 Å². The highest BCUT2D eigenvalue weighted by atomic mass is 19.4. The minimum Gasteiger partial charge on any atom is -0.478 e. The van der Waals surface area contributed by atoms with Gasteiger partial charge in [0, 0.05) is 11.4 Å². The summed E-state index contributed by atoms with van der Waals surface area (Å²) in [6.07, 6.45) is -1.66. The molecule has 2 aromatic carbocycles. The second-order valence-corrected chi connectivity index (χ2v) is 7.63. The molecule has 0 aromatic heterocycles. The number of anilines is 2. The molecule has 1 saturated heterocycles. The van der Waals surface area contributed by atoms with Gasteiger partial charge in [0.05, 0.1) is 34.8 Å². The molecule has 0 radical (unpaired) electrons. The van der Waals surface area contributed by atoms with Crippen molar-refractivity contribution < 1.29 is 27.9 Å². The predicted molar refractivity (Wildman–Crippen MR) is 106 cm³/mol. The fourth-order valence-corrected chi connectivity index (χ4v) is 4.48. The number of carbonyl (C=O) groups excluding carboxylic acids is 1. The van der Waals surface area contributed by atoms with Crippen molar-refractivity contribution in [3.05, 3.63) is 59.2 Å². The zero-order valence-electron chi connectivity index (χ0n) is 16.3. The third-order valence-corrected chi connectivity index (χ3v) is 5.87. The van der Waals surface area contributed by atoms with E-state index in [2.05, 4.69) is 0 Å². The first kappa shape index (κ1) is 20.7. The van der Waals surface area contributed by atoms with Crippen molar-refractivity contribution in [2.45, 2.75) is 43.9 Å². The van der Waals surface area contributed by atoms with E-state index in [9.17, 15) is 22.8 Å². The minimum atomic E-state index is -4.72. The van der Waals surface area contributed by atoms with Gasteiger partial charge < -0.3 is 5.11 Å². The topological polar surface area (TPSA) is 84.6 Å². The number of aromatic carboxylic acids is 1. The fraction of sp³-hybridized carbons (Fsp3) is 0.318. The van der Waals surface area contributed by atoms with E-state index < -0.39 is 29.3 Å². The van der Waals surface area contributed by atoms with Gasteiger partial charge in [-0.2, -0.15) is 18.4 Å². The molecule has 2 aromatic rings. The second kappa shape index (κ2) is 7.61. The number of nitrogens with zero attached hydrogens (tertiary/aromatic N) is 3. The van der Waals surface area contributed by atoms with Crippen LogP contribution in [0.15, 0.2) is 42.5 Å². The molecule has 2 amide bonds. The molecular weight excluding hydrogens is 411 g/mol. The monoisotopic (exact) mass is 429 g/mol. The van der Waals surface area contributed by atoms with Gasteiger partial charge in [-0.1, -0.05) is 12.8 Å². The summed E-state index contributed by atoms with van der Waals surface area (Å²) in [5, 5.41) is 18.2. The molecule has 1 aliphatic heterocycles. The van der Waals surface area contributed by atoms with Gasteiger partial charge in [0.1, 0.15) is 0 Å². The molecule has 0 unspecified atom stereocenters. The highest BCUT2D eigenvalue weighted by Crippen LogP contribution is 2.42. The Bertz CT molecular complexity index is 1080. The third kappa shape index (κ3) is 3.58. The van der Waals surface area contributed by atoms with Crippen LogP contribution in [0, 0.1) is 11.3 Å². The zero-order valence-corrected chi connectivity index (χ0v) is 16.3. The summed E-state index contributed by atoms with van der Waals surface area (Å²) < 4.78 is 40.4. The molecule has 0 bridgehead atoms. The molecule has 1 N–H and O–H groups in total. The molecule has 4 rings (SSSR count). The lowest BCUT2D eigenvalue weighted by Gasteiger charge is -2.32. The summed E-state index contributed by atoms with van der Waals surface area (Å²) in [6, 6.07) is 9.74. The lowest BCUT2D eigenvalue weighted by atomic mass is 9.89. The Hall–Kier alpha value is -3.54. The summed E-state index contributed by atoms with van der Waals surface area (Å²) in [6.45, 7) is 0. The fourth-order valence-electron chi connectivity index (χ4n) is 4.48. The van der Waals surface area contributed by atoms with E-state index in [1.807, 2.05) is 0 Å². The number of benzene rings is 2. The molecule has 160 valence electrons. The van der Waals surface area contributed by atoms with Crippen molar-refractivity contribution in [3.8, 4) is 6.07 Å². The van der Waals surface area contributed by atoms with Gasteiger partial charge in [-0.3, -0.25) is 9.80 Å². The first-order valence-corrected chi connectivity index (χ1v) is 9.79. The van der Waals surface area contributed by atoms with Gasteiger partial charge >= 0.3 is 18.2 Å². The molecule has 9 heteroatoms. The molecule has 1 aliphatic carbocycles. The zero-order chi connectivity index (χ0) is 22.3. The number of nitriles is 1. The molecule has 2 aliphatic rings. The normalized spacial score (nSPS) is 21.0. The molecule has 2 fully saturated rings. The van der Waals surface area contributed by atoms with Crippen LogP contribution < -0.4 is 9.80 Å². The first-order chi connectivity index (χ1) is 14.7. The van der Waals surface area contributed by atoms with Crippen LogP contribution in [0.1, 0.15) is 47.2 Å².